The zero-order valence-electron chi connectivity index (χ0n) is 16.0. The molecule has 3 heterocycles. The summed E-state index contributed by atoms with van der Waals surface area (Å²) in [4.78, 5) is 23.7. The molecule has 3 aromatic heterocycles. The number of anilines is 2. The van der Waals surface area contributed by atoms with E-state index in [2.05, 4.69) is 25.6 Å². The summed E-state index contributed by atoms with van der Waals surface area (Å²) in [6.07, 6.45) is -0.341. The zero-order valence-corrected chi connectivity index (χ0v) is 16.0. The molecule has 0 unspecified atom stereocenters. The Balaban J connectivity index is 1.38. The van der Waals surface area contributed by atoms with E-state index in [-0.39, 0.29) is 5.69 Å². The fourth-order valence-electron chi connectivity index (χ4n) is 2.78. The minimum atomic E-state index is -4.54. The van der Waals surface area contributed by atoms with E-state index >= 15 is 0 Å². The van der Waals surface area contributed by atoms with Crippen molar-refractivity contribution in [1.29, 1.82) is 0 Å². The molecular weight excluding hydrogens is 413 g/mol. The number of alkyl halides is 3. The van der Waals surface area contributed by atoms with Crippen molar-refractivity contribution < 1.29 is 22.7 Å². The van der Waals surface area contributed by atoms with Gasteiger partial charge in [-0.15, -0.1) is 0 Å². The first kappa shape index (κ1) is 20.1. The third-order valence-corrected chi connectivity index (χ3v) is 4.26. The average Bonchev–Trinajstić information content (AvgIpc) is 3.11. The van der Waals surface area contributed by atoms with Crippen molar-refractivity contribution >= 4 is 28.4 Å². The van der Waals surface area contributed by atoms with Gasteiger partial charge in [0.2, 0.25) is 5.88 Å². The van der Waals surface area contributed by atoms with Crippen molar-refractivity contribution in [3.63, 3.8) is 0 Å². The summed E-state index contributed by atoms with van der Waals surface area (Å²) in [7, 11) is 1.87. The molecule has 2 amide bonds. The van der Waals surface area contributed by atoms with Crippen LogP contribution in [0.2, 0.25) is 0 Å². The number of fused-ring (bicyclic) bond motifs is 1. The lowest BCUT2D eigenvalue weighted by molar-refractivity contribution is -0.141. The molecular formula is C20H15F3N6O2. The van der Waals surface area contributed by atoms with Crippen molar-refractivity contribution in [3.05, 3.63) is 66.9 Å². The van der Waals surface area contributed by atoms with E-state index in [1.807, 2.05) is 23.9 Å². The number of rotatable bonds is 4. The van der Waals surface area contributed by atoms with E-state index in [0.29, 0.717) is 17.3 Å². The lowest BCUT2D eigenvalue weighted by Crippen LogP contribution is -2.19. The number of aryl methyl sites for hydroxylation is 1. The van der Waals surface area contributed by atoms with Gasteiger partial charge in [-0.05, 0) is 42.5 Å². The lowest BCUT2D eigenvalue weighted by Gasteiger charge is -2.10. The number of nitrogens with one attached hydrogen (secondary N) is 2. The summed E-state index contributed by atoms with van der Waals surface area (Å²) < 4.78 is 45.3. The Labute approximate surface area is 173 Å². The average molecular weight is 428 g/mol. The number of ether oxygens (including phenoxy) is 1. The maximum Gasteiger partial charge on any atom is 0.433 e. The highest BCUT2D eigenvalue weighted by molar-refractivity contribution is 5.99. The molecule has 0 atom stereocenters. The molecule has 0 aliphatic heterocycles. The van der Waals surface area contributed by atoms with Crippen LogP contribution >= 0.6 is 0 Å². The topological polar surface area (TPSA) is 94.0 Å². The van der Waals surface area contributed by atoms with Gasteiger partial charge >= 0.3 is 12.2 Å². The van der Waals surface area contributed by atoms with E-state index in [9.17, 15) is 18.0 Å². The quantitative estimate of drug-likeness (QED) is 0.486. The van der Waals surface area contributed by atoms with Crippen molar-refractivity contribution in [2.45, 2.75) is 6.18 Å². The molecule has 31 heavy (non-hydrogen) atoms. The second kappa shape index (κ2) is 7.94. The minimum absolute atomic E-state index is 0.126. The van der Waals surface area contributed by atoms with Gasteiger partial charge in [-0.2, -0.15) is 13.2 Å². The Morgan fingerprint density at radius 2 is 1.68 bits per heavy atom. The fourth-order valence-corrected chi connectivity index (χ4v) is 2.78. The Morgan fingerprint density at radius 3 is 2.35 bits per heavy atom. The van der Waals surface area contributed by atoms with Gasteiger partial charge < -0.3 is 19.9 Å². The first-order chi connectivity index (χ1) is 14.8. The van der Waals surface area contributed by atoms with Crippen LogP contribution in [0.15, 0.2) is 61.2 Å². The van der Waals surface area contributed by atoms with Crippen LogP contribution in [0.25, 0.3) is 11.0 Å². The maximum atomic E-state index is 12.5. The number of aromatic nitrogens is 4. The first-order valence-electron chi connectivity index (χ1n) is 8.95. The van der Waals surface area contributed by atoms with Crippen LogP contribution in [0.4, 0.5) is 29.3 Å². The van der Waals surface area contributed by atoms with Gasteiger partial charge in [0.15, 0.2) is 0 Å². The van der Waals surface area contributed by atoms with E-state index in [1.165, 1.54) is 6.33 Å². The minimum Gasteiger partial charge on any atom is -0.438 e. The van der Waals surface area contributed by atoms with E-state index in [4.69, 9.17) is 4.74 Å². The van der Waals surface area contributed by atoms with Crippen LogP contribution in [-0.4, -0.2) is 25.6 Å². The fraction of sp³-hybridized carbons (Fsp3) is 0.100. The van der Waals surface area contributed by atoms with Gasteiger partial charge in [0.05, 0.1) is 17.3 Å². The normalized spacial score (nSPS) is 11.4. The molecule has 0 spiro atoms. The highest BCUT2D eigenvalue weighted by Gasteiger charge is 2.32. The second-order valence-electron chi connectivity index (χ2n) is 6.48. The summed E-state index contributed by atoms with van der Waals surface area (Å²) in [5.74, 6) is 0.903. The zero-order chi connectivity index (χ0) is 22.0. The number of urea groups is 1. The van der Waals surface area contributed by atoms with Gasteiger partial charge in [0.1, 0.15) is 23.4 Å². The third kappa shape index (κ3) is 4.55. The van der Waals surface area contributed by atoms with Crippen molar-refractivity contribution in [1.82, 2.24) is 19.5 Å². The van der Waals surface area contributed by atoms with Crippen molar-refractivity contribution in [2.24, 2.45) is 7.05 Å². The number of benzene rings is 1. The Hall–Kier alpha value is -4.15. The standard InChI is InChI=1S/C20H15F3N6O2/c1-29-9-8-15-17(29)25-11-26-18(15)31-14-5-2-12(3-6-14)27-19(30)28-13-4-7-16(24-10-13)20(21,22)23/h2-11H,1H3,(H2,27,28,30). The highest BCUT2D eigenvalue weighted by atomic mass is 19.4. The Bertz CT molecular complexity index is 1220. The number of halogens is 3. The molecule has 158 valence electrons. The van der Waals surface area contributed by atoms with Gasteiger partial charge in [-0.25, -0.2) is 19.7 Å². The number of hydrogen-bond acceptors (Lipinski definition) is 5. The van der Waals surface area contributed by atoms with E-state index in [0.717, 1.165) is 29.4 Å². The first-order valence-corrected chi connectivity index (χ1v) is 8.95. The van der Waals surface area contributed by atoms with Crippen LogP contribution in [0.1, 0.15) is 5.69 Å². The molecule has 0 saturated heterocycles. The molecule has 0 fully saturated rings. The van der Waals surface area contributed by atoms with Crippen LogP contribution in [0.5, 0.6) is 11.6 Å². The molecule has 11 heteroatoms. The molecule has 0 radical (unpaired) electrons. The molecule has 0 aliphatic carbocycles. The molecule has 2 N–H and O–H groups in total. The summed E-state index contributed by atoms with van der Waals surface area (Å²) >= 11 is 0. The number of pyridine rings is 1. The lowest BCUT2D eigenvalue weighted by atomic mass is 10.3. The third-order valence-electron chi connectivity index (χ3n) is 4.26. The smallest absolute Gasteiger partial charge is 0.433 e. The van der Waals surface area contributed by atoms with E-state index < -0.39 is 17.9 Å². The molecule has 1 aromatic carbocycles. The van der Waals surface area contributed by atoms with Crippen LogP contribution in [-0.2, 0) is 13.2 Å². The number of hydrogen-bond donors (Lipinski definition) is 2. The molecule has 0 bridgehead atoms. The monoisotopic (exact) mass is 428 g/mol. The SMILES string of the molecule is Cn1ccc2c(Oc3ccc(NC(=O)Nc4ccc(C(F)(F)F)nc4)cc3)ncnc21. The van der Waals surface area contributed by atoms with Crippen molar-refractivity contribution in [3.8, 4) is 11.6 Å². The highest BCUT2D eigenvalue weighted by Crippen LogP contribution is 2.29. The van der Waals surface area contributed by atoms with Gasteiger partial charge in [-0.1, -0.05) is 0 Å². The molecule has 4 rings (SSSR count). The van der Waals surface area contributed by atoms with Gasteiger partial charge in [0, 0.05) is 18.9 Å². The van der Waals surface area contributed by atoms with Crippen LogP contribution in [0, 0.1) is 0 Å². The summed E-state index contributed by atoms with van der Waals surface area (Å²) in [6, 6.07) is 9.65. The summed E-state index contributed by atoms with van der Waals surface area (Å²) in [5.41, 5.74) is 0.279. The largest absolute Gasteiger partial charge is 0.438 e. The van der Waals surface area contributed by atoms with Crippen LogP contribution in [0.3, 0.4) is 0 Å². The Morgan fingerprint density at radius 1 is 0.968 bits per heavy atom. The number of nitrogens with zero attached hydrogens (tertiary/aromatic N) is 4. The summed E-state index contributed by atoms with van der Waals surface area (Å²) in [5, 5.41) is 5.75. The van der Waals surface area contributed by atoms with Crippen LogP contribution < -0.4 is 15.4 Å². The molecule has 0 aliphatic rings. The van der Waals surface area contributed by atoms with Crippen molar-refractivity contribution in [2.75, 3.05) is 10.6 Å². The summed E-state index contributed by atoms with van der Waals surface area (Å²) in [6.45, 7) is 0. The Kier molecular flexibility index (Phi) is 5.15. The second-order valence-corrected chi connectivity index (χ2v) is 6.48. The number of carbonyl (C=O) groups excluding carboxylic acids is 1. The molecule has 4 aromatic rings. The predicted octanol–water partition coefficient (Wildman–Crippen LogP) is 4.82. The molecule has 8 nitrogen and oxygen atoms in total. The predicted molar refractivity (Wildman–Crippen MR) is 107 cm³/mol. The van der Waals surface area contributed by atoms with E-state index in [1.54, 1.807) is 24.3 Å². The van der Waals surface area contributed by atoms with Gasteiger partial charge in [0.25, 0.3) is 0 Å². The molecule has 0 saturated carbocycles. The number of amides is 2. The number of carbonyl (C=O) groups is 1. The van der Waals surface area contributed by atoms with Gasteiger partial charge in [-0.3, -0.25) is 0 Å². The maximum absolute atomic E-state index is 12.5.